The Labute approximate surface area is 133 Å². The summed E-state index contributed by atoms with van der Waals surface area (Å²) < 4.78 is 0. The van der Waals surface area contributed by atoms with Gasteiger partial charge < -0.3 is 10.2 Å². The first-order valence-electron chi connectivity index (χ1n) is 7.11. The highest BCUT2D eigenvalue weighted by Gasteiger charge is 2.14. The molecule has 1 aromatic carbocycles. The molecule has 0 radical (unpaired) electrons. The average Bonchev–Trinajstić information content (AvgIpc) is 3.01. The summed E-state index contributed by atoms with van der Waals surface area (Å²) in [4.78, 5) is 22.5. The summed E-state index contributed by atoms with van der Waals surface area (Å²) in [5, 5.41) is 5.98. The van der Waals surface area contributed by atoms with Crippen LogP contribution in [0.15, 0.2) is 36.7 Å². The van der Waals surface area contributed by atoms with Crippen LogP contribution in [0.1, 0.15) is 12.8 Å². The zero-order valence-electron chi connectivity index (χ0n) is 11.9. The van der Waals surface area contributed by atoms with Gasteiger partial charge in [-0.2, -0.15) is 0 Å². The summed E-state index contributed by atoms with van der Waals surface area (Å²) in [6.45, 7) is 1.98. The van der Waals surface area contributed by atoms with Crippen LogP contribution in [-0.2, 0) is 0 Å². The number of amides is 2. The third-order valence-corrected chi connectivity index (χ3v) is 3.64. The minimum absolute atomic E-state index is 0.367. The van der Waals surface area contributed by atoms with E-state index in [0.717, 1.165) is 18.9 Å². The molecule has 2 N–H and O–H groups in total. The number of halogens is 1. The molecule has 2 amide bonds. The van der Waals surface area contributed by atoms with Crippen molar-refractivity contribution in [3.05, 3.63) is 41.7 Å². The molecule has 7 heteroatoms. The summed E-state index contributed by atoms with van der Waals surface area (Å²) >= 11 is 5.88. The van der Waals surface area contributed by atoms with Gasteiger partial charge in [-0.3, -0.25) is 5.32 Å². The van der Waals surface area contributed by atoms with Gasteiger partial charge in [0.1, 0.15) is 18.0 Å². The third kappa shape index (κ3) is 3.65. The van der Waals surface area contributed by atoms with E-state index in [1.807, 2.05) is 0 Å². The van der Waals surface area contributed by atoms with E-state index in [2.05, 4.69) is 25.5 Å². The molecule has 0 saturated carbocycles. The van der Waals surface area contributed by atoms with E-state index < -0.39 is 0 Å². The molecule has 0 aliphatic carbocycles. The van der Waals surface area contributed by atoms with Crippen LogP contribution < -0.4 is 15.5 Å². The molecule has 114 valence electrons. The Morgan fingerprint density at radius 3 is 2.73 bits per heavy atom. The first-order chi connectivity index (χ1) is 10.7. The van der Waals surface area contributed by atoms with E-state index in [0.29, 0.717) is 16.5 Å². The largest absolute Gasteiger partial charge is 0.356 e. The Hall–Kier alpha value is -2.34. The number of nitrogens with zero attached hydrogens (tertiary/aromatic N) is 3. The van der Waals surface area contributed by atoms with Crippen molar-refractivity contribution in [2.24, 2.45) is 0 Å². The van der Waals surface area contributed by atoms with Crippen LogP contribution in [0.4, 0.5) is 22.1 Å². The first kappa shape index (κ1) is 14.6. The number of carbonyl (C=O) groups is 1. The van der Waals surface area contributed by atoms with Crippen molar-refractivity contribution >= 4 is 35.0 Å². The zero-order chi connectivity index (χ0) is 15.4. The van der Waals surface area contributed by atoms with Crippen molar-refractivity contribution in [2.75, 3.05) is 28.6 Å². The van der Waals surface area contributed by atoms with Gasteiger partial charge in [-0.05, 0) is 31.0 Å². The first-order valence-corrected chi connectivity index (χ1v) is 7.49. The molecule has 2 aromatic rings. The quantitative estimate of drug-likeness (QED) is 0.910. The summed E-state index contributed by atoms with van der Waals surface area (Å²) in [5.41, 5.74) is 0.624. The number of anilines is 3. The number of carbonyl (C=O) groups excluding carboxylic acids is 1. The molecule has 22 heavy (non-hydrogen) atoms. The molecule has 6 nitrogen and oxygen atoms in total. The van der Waals surface area contributed by atoms with Crippen molar-refractivity contribution in [1.82, 2.24) is 9.97 Å². The van der Waals surface area contributed by atoms with Gasteiger partial charge in [0.2, 0.25) is 0 Å². The van der Waals surface area contributed by atoms with Crippen LogP contribution in [0.5, 0.6) is 0 Å². The summed E-state index contributed by atoms with van der Waals surface area (Å²) in [6.07, 6.45) is 3.80. The molecule has 1 fully saturated rings. The number of nitrogens with one attached hydrogen (secondary N) is 2. The Balaban J connectivity index is 1.65. The van der Waals surface area contributed by atoms with E-state index >= 15 is 0 Å². The Morgan fingerprint density at radius 1 is 1.14 bits per heavy atom. The molecule has 1 saturated heterocycles. The fourth-order valence-corrected chi connectivity index (χ4v) is 2.57. The van der Waals surface area contributed by atoms with E-state index in [1.165, 1.54) is 19.2 Å². The van der Waals surface area contributed by atoms with E-state index in [1.54, 1.807) is 30.3 Å². The molecule has 3 rings (SSSR count). The van der Waals surface area contributed by atoms with Crippen molar-refractivity contribution in [3.63, 3.8) is 0 Å². The fourth-order valence-electron chi connectivity index (χ4n) is 2.38. The topological polar surface area (TPSA) is 70.2 Å². The number of hydrogen-bond donors (Lipinski definition) is 2. The van der Waals surface area contributed by atoms with E-state index in [-0.39, 0.29) is 6.03 Å². The Bertz CT molecular complexity index is 672. The zero-order valence-corrected chi connectivity index (χ0v) is 12.7. The van der Waals surface area contributed by atoms with Crippen LogP contribution in [0, 0.1) is 0 Å². The molecule has 0 atom stereocenters. The summed E-state index contributed by atoms with van der Waals surface area (Å²) in [6, 6.07) is 8.38. The van der Waals surface area contributed by atoms with Gasteiger partial charge in [-0.15, -0.1) is 0 Å². The second-order valence-corrected chi connectivity index (χ2v) is 5.48. The molecule has 1 aromatic heterocycles. The van der Waals surface area contributed by atoms with Crippen LogP contribution >= 0.6 is 11.6 Å². The van der Waals surface area contributed by atoms with Gasteiger partial charge in [0.25, 0.3) is 0 Å². The number of aromatic nitrogens is 2. The highest BCUT2D eigenvalue weighted by atomic mass is 35.5. The lowest BCUT2D eigenvalue weighted by Gasteiger charge is -2.16. The van der Waals surface area contributed by atoms with Crippen LogP contribution in [0.3, 0.4) is 0 Å². The fraction of sp³-hybridized carbons (Fsp3) is 0.267. The molecule has 1 aliphatic rings. The van der Waals surface area contributed by atoms with Crippen LogP contribution in [0.25, 0.3) is 0 Å². The number of hydrogen-bond acceptors (Lipinski definition) is 4. The lowest BCUT2D eigenvalue weighted by atomic mass is 10.3. The normalized spacial score (nSPS) is 14.0. The lowest BCUT2D eigenvalue weighted by molar-refractivity contribution is 0.262. The van der Waals surface area contributed by atoms with Gasteiger partial charge in [0, 0.05) is 29.9 Å². The average molecular weight is 318 g/mol. The Morgan fingerprint density at radius 2 is 1.95 bits per heavy atom. The minimum Gasteiger partial charge on any atom is -0.356 e. The number of benzene rings is 1. The van der Waals surface area contributed by atoms with Crippen molar-refractivity contribution in [3.8, 4) is 0 Å². The molecule has 0 unspecified atom stereocenters. The van der Waals surface area contributed by atoms with Crippen molar-refractivity contribution < 1.29 is 4.79 Å². The minimum atomic E-state index is -0.367. The van der Waals surface area contributed by atoms with E-state index in [9.17, 15) is 4.79 Å². The number of urea groups is 1. The molecular weight excluding hydrogens is 302 g/mol. The molecular formula is C15H16ClN5O. The van der Waals surface area contributed by atoms with E-state index in [4.69, 9.17) is 11.6 Å². The maximum absolute atomic E-state index is 12.0. The van der Waals surface area contributed by atoms with Gasteiger partial charge in [-0.1, -0.05) is 17.7 Å². The van der Waals surface area contributed by atoms with Gasteiger partial charge in [0.15, 0.2) is 0 Å². The molecule has 0 bridgehead atoms. The molecule has 2 heterocycles. The highest BCUT2D eigenvalue weighted by Crippen LogP contribution is 2.19. The predicted molar refractivity (Wildman–Crippen MR) is 87.6 cm³/mol. The van der Waals surface area contributed by atoms with Gasteiger partial charge in [-0.25, -0.2) is 14.8 Å². The smallest absolute Gasteiger partial charge is 0.324 e. The Kier molecular flexibility index (Phi) is 4.39. The molecule has 1 aliphatic heterocycles. The standard InChI is InChI=1S/C15H16ClN5O/c16-11-4-3-5-12(8-11)19-15(22)20-13-9-14(18-10-17-13)21-6-1-2-7-21/h3-5,8-10H,1-2,6-7H2,(H2,17,18,19,20,22). The molecule has 0 spiro atoms. The lowest BCUT2D eigenvalue weighted by Crippen LogP contribution is -2.22. The number of rotatable bonds is 3. The summed E-state index contributed by atoms with van der Waals surface area (Å²) in [7, 11) is 0. The maximum atomic E-state index is 12.0. The van der Waals surface area contributed by atoms with Crippen molar-refractivity contribution in [2.45, 2.75) is 12.8 Å². The highest BCUT2D eigenvalue weighted by molar-refractivity contribution is 6.30. The monoisotopic (exact) mass is 317 g/mol. The second-order valence-electron chi connectivity index (χ2n) is 5.05. The SMILES string of the molecule is O=C(Nc1cccc(Cl)c1)Nc1cc(N2CCCC2)ncn1. The van der Waals surface area contributed by atoms with Crippen LogP contribution in [0.2, 0.25) is 5.02 Å². The predicted octanol–water partition coefficient (Wildman–Crippen LogP) is 3.37. The summed E-state index contributed by atoms with van der Waals surface area (Å²) in [5.74, 6) is 1.31. The third-order valence-electron chi connectivity index (χ3n) is 3.41. The van der Waals surface area contributed by atoms with Crippen molar-refractivity contribution in [1.29, 1.82) is 0 Å². The maximum Gasteiger partial charge on any atom is 0.324 e. The van der Waals surface area contributed by atoms with Crippen LogP contribution in [-0.4, -0.2) is 29.1 Å². The van der Waals surface area contributed by atoms with Gasteiger partial charge >= 0.3 is 6.03 Å². The van der Waals surface area contributed by atoms with Gasteiger partial charge in [0.05, 0.1) is 0 Å². The second kappa shape index (κ2) is 6.62.